The van der Waals surface area contributed by atoms with E-state index in [0.717, 1.165) is 12.5 Å². The van der Waals surface area contributed by atoms with E-state index in [1.807, 2.05) is 0 Å². The molecule has 0 aromatic heterocycles. The van der Waals surface area contributed by atoms with Gasteiger partial charge in [-0.25, -0.2) is 0 Å². The Bertz CT molecular complexity index is 284. The van der Waals surface area contributed by atoms with Crippen LogP contribution in [0.15, 0.2) is 0 Å². The molecule has 4 nitrogen and oxygen atoms in total. The highest BCUT2D eigenvalue weighted by Gasteiger charge is 2.29. The third-order valence-corrected chi connectivity index (χ3v) is 5.07. The zero-order chi connectivity index (χ0) is 14.6. The molecule has 2 heterocycles. The van der Waals surface area contributed by atoms with Crippen LogP contribution in [0.1, 0.15) is 26.7 Å². The number of likely N-dealkylation sites (tertiary alicyclic amines) is 1. The molecule has 0 spiro atoms. The molecule has 0 saturated carbocycles. The van der Waals surface area contributed by atoms with Gasteiger partial charge < -0.3 is 15.1 Å². The van der Waals surface area contributed by atoms with Crippen LogP contribution < -0.4 is 5.32 Å². The van der Waals surface area contributed by atoms with Crippen molar-refractivity contribution in [1.82, 2.24) is 20.0 Å². The van der Waals surface area contributed by atoms with E-state index >= 15 is 0 Å². The summed E-state index contributed by atoms with van der Waals surface area (Å²) in [6, 6.07) is 0. The zero-order valence-electron chi connectivity index (χ0n) is 14.0. The predicted molar refractivity (Wildman–Crippen MR) is 86.2 cm³/mol. The molecule has 118 valence electrons. The number of hydrogen-bond acceptors (Lipinski definition) is 4. The number of rotatable bonds is 5. The lowest BCUT2D eigenvalue weighted by molar-refractivity contribution is 0.0606. The third kappa shape index (κ3) is 4.69. The summed E-state index contributed by atoms with van der Waals surface area (Å²) in [6.07, 6.45) is 2.76. The van der Waals surface area contributed by atoms with Crippen molar-refractivity contribution >= 4 is 0 Å². The number of nitrogens with zero attached hydrogens (tertiary/aromatic N) is 3. The maximum atomic E-state index is 3.74. The molecule has 2 fully saturated rings. The highest BCUT2D eigenvalue weighted by Crippen LogP contribution is 2.17. The van der Waals surface area contributed by atoms with Crippen LogP contribution in [0.3, 0.4) is 0 Å². The van der Waals surface area contributed by atoms with Crippen molar-refractivity contribution in [3.05, 3.63) is 0 Å². The molecule has 0 aliphatic carbocycles. The lowest BCUT2D eigenvalue weighted by Crippen LogP contribution is -2.57. The van der Waals surface area contributed by atoms with Crippen LogP contribution in [0.2, 0.25) is 0 Å². The topological polar surface area (TPSA) is 21.8 Å². The normalized spacial score (nSPS) is 27.9. The molecule has 0 amide bonds. The van der Waals surface area contributed by atoms with Gasteiger partial charge in [-0.3, -0.25) is 4.90 Å². The van der Waals surface area contributed by atoms with Crippen LogP contribution in [0.4, 0.5) is 0 Å². The van der Waals surface area contributed by atoms with Crippen LogP contribution in [0, 0.1) is 5.92 Å². The van der Waals surface area contributed by atoms with Crippen molar-refractivity contribution in [2.24, 2.45) is 5.92 Å². The quantitative estimate of drug-likeness (QED) is 0.810. The van der Waals surface area contributed by atoms with Gasteiger partial charge in [-0.1, -0.05) is 0 Å². The van der Waals surface area contributed by atoms with E-state index in [0.29, 0.717) is 0 Å². The summed E-state index contributed by atoms with van der Waals surface area (Å²) in [6.45, 7) is 14.4. The Balaban J connectivity index is 1.69. The highest BCUT2D eigenvalue weighted by molar-refractivity contribution is 4.87. The Morgan fingerprint density at radius 2 is 1.70 bits per heavy atom. The average molecular weight is 282 g/mol. The summed E-state index contributed by atoms with van der Waals surface area (Å²) in [7, 11) is 4.47. The molecule has 2 saturated heterocycles. The second-order valence-electron chi connectivity index (χ2n) is 7.50. The molecule has 1 N–H and O–H groups in total. The van der Waals surface area contributed by atoms with Gasteiger partial charge in [-0.2, -0.15) is 0 Å². The highest BCUT2D eigenvalue weighted by atomic mass is 15.3. The Kier molecular flexibility index (Phi) is 5.84. The molecular weight excluding hydrogens is 248 g/mol. The minimum atomic E-state index is 0.280. The SMILES string of the molecule is CN1CCN(C(C)(C)CNCC2CCCN(C)C2)CC1. The van der Waals surface area contributed by atoms with Crippen molar-refractivity contribution in [3.63, 3.8) is 0 Å². The minimum Gasteiger partial charge on any atom is -0.315 e. The van der Waals surface area contributed by atoms with E-state index in [-0.39, 0.29) is 5.54 Å². The van der Waals surface area contributed by atoms with Crippen molar-refractivity contribution in [3.8, 4) is 0 Å². The fourth-order valence-electron chi connectivity index (χ4n) is 3.55. The van der Waals surface area contributed by atoms with Gasteiger partial charge in [0.05, 0.1) is 0 Å². The smallest absolute Gasteiger partial charge is 0.0278 e. The molecule has 0 aromatic carbocycles. The summed E-state index contributed by atoms with van der Waals surface area (Å²) in [5.41, 5.74) is 0.280. The molecule has 2 aliphatic heterocycles. The van der Waals surface area contributed by atoms with Crippen molar-refractivity contribution < 1.29 is 0 Å². The fourth-order valence-corrected chi connectivity index (χ4v) is 3.55. The Hall–Kier alpha value is -0.160. The molecule has 0 bridgehead atoms. The van der Waals surface area contributed by atoms with Gasteiger partial charge in [-0.05, 0) is 59.8 Å². The first-order valence-corrected chi connectivity index (χ1v) is 8.30. The molecule has 0 aromatic rings. The zero-order valence-corrected chi connectivity index (χ0v) is 14.0. The van der Waals surface area contributed by atoms with Gasteiger partial charge >= 0.3 is 0 Å². The number of likely N-dealkylation sites (N-methyl/N-ethyl adjacent to an activating group) is 1. The largest absolute Gasteiger partial charge is 0.315 e. The molecule has 2 aliphatic rings. The van der Waals surface area contributed by atoms with Gasteiger partial charge in [0.25, 0.3) is 0 Å². The maximum absolute atomic E-state index is 3.74. The third-order valence-electron chi connectivity index (χ3n) is 5.07. The maximum Gasteiger partial charge on any atom is 0.0278 e. The monoisotopic (exact) mass is 282 g/mol. The van der Waals surface area contributed by atoms with E-state index < -0.39 is 0 Å². The molecule has 0 radical (unpaired) electrons. The summed E-state index contributed by atoms with van der Waals surface area (Å²) in [5, 5.41) is 3.74. The van der Waals surface area contributed by atoms with Gasteiger partial charge in [0, 0.05) is 44.8 Å². The van der Waals surface area contributed by atoms with Crippen LogP contribution >= 0.6 is 0 Å². The fraction of sp³-hybridized carbons (Fsp3) is 1.00. The van der Waals surface area contributed by atoms with Gasteiger partial charge in [0.1, 0.15) is 0 Å². The first-order chi connectivity index (χ1) is 9.47. The Morgan fingerprint density at radius 3 is 2.35 bits per heavy atom. The van der Waals surface area contributed by atoms with Crippen molar-refractivity contribution in [1.29, 1.82) is 0 Å². The van der Waals surface area contributed by atoms with E-state index in [9.17, 15) is 0 Å². The van der Waals surface area contributed by atoms with Gasteiger partial charge in [0.2, 0.25) is 0 Å². The number of nitrogens with one attached hydrogen (secondary N) is 1. The van der Waals surface area contributed by atoms with Crippen LogP contribution in [-0.2, 0) is 0 Å². The summed E-state index contributed by atoms with van der Waals surface area (Å²) < 4.78 is 0. The Labute approximate surface area is 125 Å². The summed E-state index contributed by atoms with van der Waals surface area (Å²) >= 11 is 0. The molecule has 20 heavy (non-hydrogen) atoms. The second kappa shape index (κ2) is 7.21. The lowest BCUT2D eigenvalue weighted by atomic mass is 9.97. The molecule has 1 unspecified atom stereocenters. The first kappa shape index (κ1) is 16.2. The Morgan fingerprint density at radius 1 is 1.00 bits per heavy atom. The number of piperazine rings is 1. The van der Waals surface area contributed by atoms with Gasteiger partial charge in [-0.15, -0.1) is 0 Å². The van der Waals surface area contributed by atoms with E-state index in [2.05, 4.69) is 48.0 Å². The van der Waals surface area contributed by atoms with Crippen LogP contribution in [-0.4, -0.2) is 86.7 Å². The molecular formula is C16H34N4. The molecule has 1 atom stereocenters. The van der Waals surface area contributed by atoms with Gasteiger partial charge in [0.15, 0.2) is 0 Å². The van der Waals surface area contributed by atoms with Crippen molar-refractivity contribution in [2.75, 3.05) is 66.5 Å². The number of hydrogen-bond donors (Lipinski definition) is 1. The van der Waals surface area contributed by atoms with E-state index in [1.54, 1.807) is 0 Å². The van der Waals surface area contributed by atoms with E-state index in [4.69, 9.17) is 0 Å². The molecule has 4 heteroatoms. The molecule has 2 rings (SSSR count). The van der Waals surface area contributed by atoms with Crippen LogP contribution in [0.25, 0.3) is 0 Å². The standard InChI is InChI=1S/C16H34N4/c1-16(2,20-10-8-18(3)9-11-20)14-17-12-15-6-5-7-19(4)13-15/h15,17H,5-14H2,1-4H3. The van der Waals surface area contributed by atoms with Crippen molar-refractivity contribution in [2.45, 2.75) is 32.2 Å². The summed E-state index contributed by atoms with van der Waals surface area (Å²) in [5.74, 6) is 0.844. The summed E-state index contributed by atoms with van der Waals surface area (Å²) in [4.78, 5) is 7.55. The predicted octanol–water partition coefficient (Wildman–Crippen LogP) is 0.944. The lowest BCUT2D eigenvalue weighted by Gasteiger charge is -2.43. The second-order valence-corrected chi connectivity index (χ2v) is 7.50. The minimum absolute atomic E-state index is 0.280. The van der Waals surface area contributed by atoms with E-state index in [1.165, 1.54) is 58.7 Å². The first-order valence-electron chi connectivity index (χ1n) is 8.30. The number of piperidine rings is 1. The average Bonchev–Trinajstić information content (AvgIpc) is 2.39. The van der Waals surface area contributed by atoms with Crippen LogP contribution in [0.5, 0.6) is 0 Å².